The van der Waals surface area contributed by atoms with Crippen molar-refractivity contribution in [2.45, 2.75) is 26.4 Å². The standard InChI is InChI=1S/C10H17NOS/c1-8(7-12-3)11-6-10-5-4-9(2)13-10/h4-5,8,11H,6-7H2,1-3H3/t8-/m1/s1. The van der Waals surface area contributed by atoms with Crippen LogP contribution in [0.1, 0.15) is 16.7 Å². The van der Waals surface area contributed by atoms with Gasteiger partial charge < -0.3 is 10.1 Å². The number of methoxy groups -OCH3 is 1. The Hall–Kier alpha value is -0.380. The number of hydrogen-bond acceptors (Lipinski definition) is 3. The largest absolute Gasteiger partial charge is 0.383 e. The quantitative estimate of drug-likeness (QED) is 0.785. The van der Waals surface area contributed by atoms with Gasteiger partial charge in [-0.1, -0.05) is 0 Å². The molecular formula is C10H17NOS. The van der Waals surface area contributed by atoms with E-state index < -0.39 is 0 Å². The molecule has 1 aromatic rings. The van der Waals surface area contributed by atoms with E-state index in [4.69, 9.17) is 4.74 Å². The number of rotatable bonds is 5. The second-order valence-electron chi connectivity index (χ2n) is 3.25. The van der Waals surface area contributed by atoms with Gasteiger partial charge >= 0.3 is 0 Å². The Balaban J connectivity index is 2.26. The van der Waals surface area contributed by atoms with Crippen LogP contribution in [0.4, 0.5) is 0 Å². The van der Waals surface area contributed by atoms with Gasteiger partial charge in [-0.15, -0.1) is 11.3 Å². The van der Waals surface area contributed by atoms with E-state index in [2.05, 4.69) is 31.3 Å². The van der Waals surface area contributed by atoms with Crippen LogP contribution in [0, 0.1) is 6.92 Å². The van der Waals surface area contributed by atoms with Gasteiger partial charge in [-0.3, -0.25) is 0 Å². The summed E-state index contributed by atoms with van der Waals surface area (Å²) in [5.41, 5.74) is 0. The molecule has 0 radical (unpaired) electrons. The third-order valence-corrected chi connectivity index (χ3v) is 2.84. The van der Waals surface area contributed by atoms with E-state index in [-0.39, 0.29) is 0 Å². The first kappa shape index (κ1) is 10.7. The van der Waals surface area contributed by atoms with Crippen molar-refractivity contribution in [1.29, 1.82) is 0 Å². The highest BCUT2D eigenvalue weighted by Gasteiger charge is 2.01. The Morgan fingerprint density at radius 1 is 1.54 bits per heavy atom. The first-order valence-electron chi connectivity index (χ1n) is 4.50. The molecule has 1 rings (SSSR count). The maximum absolute atomic E-state index is 5.04. The Morgan fingerprint density at radius 2 is 2.31 bits per heavy atom. The molecule has 0 bridgehead atoms. The molecule has 2 nitrogen and oxygen atoms in total. The van der Waals surface area contributed by atoms with Crippen LogP contribution in [-0.4, -0.2) is 19.8 Å². The van der Waals surface area contributed by atoms with Crippen molar-refractivity contribution in [3.63, 3.8) is 0 Å². The lowest BCUT2D eigenvalue weighted by Gasteiger charge is -2.11. The number of aryl methyl sites for hydroxylation is 1. The van der Waals surface area contributed by atoms with Gasteiger partial charge in [0.1, 0.15) is 0 Å². The van der Waals surface area contributed by atoms with Gasteiger partial charge in [0.25, 0.3) is 0 Å². The summed E-state index contributed by atoms with van der Waals surface area (Å²) in [7, 11) is 1.73. The Bertz CT molecular complexity index is 247. The smallest absolute Gasteiger partial charge is 0.0613 e. The second kappa shape index (κ2) is 5.37. The topological polar surface area (TPSA) is 21.3 Å². The lowest BCUT2D eigenvalue weighted by molar-refractivity contribution is 0.172. The van der Waals surface area contributed by atoms with Crippen LogP contribution < -0.4 is 5.32 Å². The molecule has 0 amide bonds. The lowest BCUT2D eigenvalue weighted by atomic mass is 10.3. The summed E-state index contributed by atoms with van der Waals surface area (Å²) in [5.74, 6) is 0. The van der Waals surface area contributed by atoms with Crippen molar-refractivity contribution in [2.75, 3.05) is 13.7 Å². The molecule has 13 heavy (non-hydrogen) atoms. The predicted molar refractivity (Wildman–Crippen MR) is 57.2 cm³/mol. The van der Waals surface area contributed by atoms with E-state index in [1.54, 1.807) is 7.11 Å². The summed E-state index contributed by atoms with van der Waals surface area (Å²) in [5, 5.41) is 3.40. The van der Waals surface area contributed by atoms with Gasteiger partial charge in [0.2, 0.25) is 0 Å². The van der Waals surface area contributed by atoms with Crippen molar-refractivity contribution >= 4 is 11.3 Å². The maximum Gasteiger partial charge on any atom is 0.0613 e. The molecule has 0 fully saturated rings. The monoisotopic (exact) mass is 199 g/mol. The first-order valence-corrected chi connectivity index (χ1v) is 5.31. The van der Waals surface area contributed by atoms with Gasteiger partial charge in [-0.25, -0.2) is 0 Å². The van der Waals surface area contributed by atoms with Crippen LogP contribution in [-0.2, 0) is 11.3 Å². The van der Waals surface area contributed by atoms with Gasteiger partial charge in [0, 0.05) is 29.5 Å². The van der Waals surface area contributed by atoms with Crippen LogP contribution in [0.5, 0.6) is 0 Å². The highest BCUT2D eigenvalue weighted by molar-refractivity contribution is 7.11. The van der Waals surface area contributed by atoms with E-state index in [9.17, 15) is 0 Å². The molecule has 0 aliphatic heterocycles. The predicted octanol–water partition coefficient (Wildman–Crippen LogP) is 2.18. The Morgan fingerprint density at radius 3 is 2.85 bits per heavy atom. The Kier molecular flexibility index (Phi) is 4.42. The van der Waals surface area contributed by atoms with Crippen molar-refractivity contribution in [3.8, 4) is 0 Å². The average molecular weight is 199 g/mol. The van der Waals surface area contributed by atoms with E-state index in [0.29, 0.717) is 6.04 Å². The number of thiophene rings is 1. The lowest BCUT2D eigenvalue weighted by Crippen LogP contribution is -2.29. The minimum atomic E-state index is 0.424. The number of hydrogen-bond donors (Lipinski definition) is 1. The van der Waals surface area contributed by atoms with Gasteiger partial charge in [0.15, 0.2) is 0 Å². The van der Waals surface area contributed by atoms with Crippen LogP contribution in [0.3, 0.4) is 0 Å². The molecule has 1 N–H and O–H groups in total. The van der Waals surface area contributed by atoms with Crippen molar-refractivity contribution in [2.24, 2.45) is 0 Å². The molecular weight excluding hydrogens is 182 g/mol. The molecule has 0 saturated heterocycles. The first-order chi connectivity index (χ1) is 6.22. The zero-order valence-electron chi connectivity index (χ0n) is 8.46. The van der Waals surface area contributed by atoms with Crippen molar-refractivity contribution < 1.29 is 4.74 Å². The van der Waals surface area contributed by atoms with E-state index in [1.165, 1.54) is 9.75 Å². The second-order valence-corrected chi connectivity index (χ2v) is 4.62. The summed E-state index contributed by atoms with van der Waals surface area (Å²) >= 11 is 1.84. The van der Waals surface area contributed by atoms with Gasteiger partial charge in [0.05, 0.1) is 6.61 Å². The summed E-state index contributed by atoms with van der Waals surface area (Å²) in [6.45, 7) is 5.98. The minimum Gasteiger partial charge on any atom is -0.383 e. The van der Waals surface area contributed by atoms with Gasteiger partial charge in [-0.2, -0.15) is 0 Å². The number of nitrogens with one attached hydrogen (secondary N) is 1. The fraction of sp³-hybridized carbons (Fsp3) is 0.600. The zero-order chi connectivity index (χ0) is 9.68. The zero-order valence-corrected chi connectivity index (χ0v) is 9.28. The number of ether oxygens (including phenoxy) is 1. The van der Waals surface area contributed by atoms with Crippen LogP contribution >= 0.6 is 11.3 Å². The van der Waals surface area contributed by atoms with Crippen LogP contribution in [0.15, 0.2) is 12.1 Å². The maximum atomic E-state index is 5.04. The molecule has 1 atom stereocenters. The van der Waals surface area contributed by atoms with E-state index >= 15 is 0 Å². The highest BCUT2D eigenvalue weighted by Crippen LogP contribution is 2.14. The molecule has 0 aliphatic carbocycles. The highest BCUT2D eigenvalue weighted by atomic mass is 32.1. The van der Waals surface area contributed by atoms with Crippen molar-refractivity contribution in [1.82, 2.24) is 5.32 Å². The average Bonchev–Trinajstić information content (AvgIpc) is 2.49. The van der Waals surface area contributed by atoms with E-state index in [1.807, 2.05) is 11.3 Å². The van der Waals surface area contributed by atoms with Crippen LogP contribution in [0.2, 0.25) is 0 Å². The molecule has 1 heterocycles. The fourth-order valence-electron chi connectivity index (χ4n) is 1.16. The molecule has 0 aromatic carbocycles. The molecule has 1 aromatic heterocycles. The van der Waals surface area contributed by atoms with Crippen molar-refractivity contribution in [3.05, 3.63) is 21.9 Å². The third kappa shape index (κ3) is 3.89. The van der Waals surface area contributed by atoms with Crippen LogP contribution in [0.25, 0.3) is 0 Å². The molecule has 0 spiro atoms. The molecule has 0 unspecified atom stereocenters. The molecule has 74 valence electrons. The van der Waals surface area contributed by atoms with Gasteiger partial charge in [-0.05, 0) is 26.0 Å². The molecule has 0 saturated carbocycles. The summed E-state index contributed by atoms with van der Waals surface area (Å²) in [6, 6.07) is 4.75. The third-order valence-electron chi connectivity index (χ3n) is 1.84. The SMILES string of the molecule is COC[C@@H](C)NCc1ccc(C)s1. The summed E-state index contributed by atoms with van der Waals surface area (Å²) in [4.78, 5) is 2.76. The van der Waals surface area contributed by atoms with E-state index in [0.717, 1.165) is 13.2 Å². The Labute approximate surface area is 83.9 Å². The fourth-order valence-corrected chi connectivity index (χ4v) is 2.01. The molecule has 0 aliphatic rings. The normalized spacial score (nSPS) is 13.2. The minimum absolute atomic E-state index is 0.424. The summed E-state index contributed by atoms with van der Waals surface area (Å²) in [6.07, 6.45) is 0. The molecule has 3 heteroatoms. The summed E-state index contributed by atoms with van der Waals surface area (Å²) < 4.78 is 5.04.